The molecule has 0 spiro atoms. The van der Waals surface area contributed by atoms with E-state index in [0.29, 0.717) is 6.42 Å². The quantitative estimate of drug-likeness (QED) is 0.589. The Hall–Kier alpha value is -0.420. The number of nitrogens with zero attached hydrogens (tertiary/aromatic N) is 1. The van der Waals surface area contributed by atoms with Crippen molar-refractivity contribution in [3.63, 3.8) is 0 Å². The smallest absolute Gasteiger partial charge is 0.177 e. The van der Waals surface area contributed by atoms with Crippen LogP contribution < -0.4 is 0 Å². The molecule has 0 N–H and O–H groups in total. The summed E-state index contributed by atoms with van der Waals surface area (Å²) in [7, 11) is 0. The minimum atomic E-state index is -0.479. The lowest BCUT2D eigenvalue weighted by Gasteiger charge is -2.26. The third kappa shape index (κ3) is 0.714. The predicted octanol–water partition coefficient (Wildman–Crippen LogP) is 0.635. The zero-order chi connectivity index (χ0) is 9.22. The number of carbonyl (C=O) groups excluding carboxylic acids is 1. The number of hydrogen-bond donors (Lipinski definition) is 0. The Morgan fingerprint density at radius 2 is 2.46 bits per heavy atom. The van der Waals surface area contributed by atoms with Crippen molar-refractivity contribution < 1.29 is 14.4 Å². The molecule has 4 atom stereocenters. The zero-order valence-corrected chi connectivity index (χ0v) is 8.58. The van der Waals surface area contributed by atoms with Crippen molar-refractivity contribution in [3.05, 3.63) is 0 Å². The second-order valence-electron chi connectivity index (χ2n) is 3.70. The second-order valence-corrected chi connectivity index (χ2v) is 5.01. The zero-order valence-electron chi connectivity index (χ0n) is 6.99. The molecule has 0 aliphatic carbocycles. The molecular weight excluding hydrogens is 238 g/mol. The highest BCUT2D eigenvalue weighted by Crippen LogP contribution is 2.50. The molecule has 3 heterocycles. The van der Waals surface area contributed by atoms with Gasteiger partial charge in [-0.05, 0) is 6.92 Å². The summed E-state index contributed by atoms with van der Waals surface area (Å²) in [5.41, 5.74) is 0.804. The molecule has 0 aromatic rings. The van der Waals surface area contributed by atoms with Gasteiger partial charge in [0.1, 0.15) is 16.5 Å². The topological polar surface area (TPSA) is 47.9 Å². The van der Waals surface area contributed by atoms with E-state index in [2.05, 4.69) is 21.1 Å². The first-order valence-electron chi connectivity index (χ1n) is 4.22. The Balaban J connectivity index is 2.10. The van der Waals surface area contributed by atoms with Crippen LogP contribution in [0, 0.1) is 0 Å². The average Bonchev–Trinajstić information content (AvgIpc) is 2.64. The third-order valence-electron chi connectivity index (χ3n) is 3.00. The number of halogens is 1. The van der Waals surface area contributed by atoms with Gasteiger partial charge in [0.2, 0.25) is 0 Å². The molecule has 3 aliphatic rings. The van der Waals surface area contributed by atoms with E-state index < -0.39 is 10.4 Å². The maximum absolute atomic E-state index is 11.5. The Morgan fingerprint density at radius 3 is 3.23 bits per heavy atom. The summed E-state index contributed by atoms with van der Waals surface area (Å²) in [6.45, 7) is 1.85. The molecule has 0 unspecified atom stereocenters. The summed E-state index contributed by atoms with van der Waals surface area (Å²) in [5.74, 6) is 0.151. The molecule has 3 aliphatic heterocycles. The van der Waals surface area contributed by atoms with Crippen LogP contribution in [-0.4, -0.2) is 34.1 Å². The van der Waals surface area contributed by atoms with Crippen molar-refractivity contribution in [1.29, 1.82) is 0 Å². The number of carbonyl (C=O) groups is 1. The van der Waals surface area contributed by atoms with Crippen LogP contribution in [0.5, 0.6) is 0 Å². The van der Waals surface area contributed by atoms with E-state index in [4.69, 9.17) is 9.57 Å². The van der Waals surface area contributed by atoms with Gasteiger partial charge in [-0.15, -0.1) is 0 Å². The first-order chi connectivity index (χ1) is 6.14. The van der Waals surface area contributed by atoms with Crippen molar-refractivity contribution in [2.24, 2.45) is 5.16 Å². The lowest BCUT2D eigenvalue weighted by atomic mass is 9.83. The van der Waals surface area contributed by atoms with E-state index in [1.54, 1.807) is 0 Å². The highest BCUT2D eigenvalue weighted by atomic mass is 79.9. The standard InChI is InChI=1S/C8H8BrNO3/c1-3-8(9)6-4(11)2-5(12-6)7(8)13-10-3/h5-7H,2H2,1H3/t5-,6+,7-,8-/m0/s1. The monoisotopic (exact) mass is 245 g/mol. The van der Waals surface area contributed by atoms with Gasteiger partial charge in [0, 0.05) is 6.42 Å². The summed E-state index contributed by atoms with van der Waals surface area (Å²) in [4.78, 5) is 16.7. The Morgan fingerprint density at radius 1 is 1.69 bits per heavy atom. The van der Waals surface area contributed by atoms with Crippen molar-refractivity contribution >= 4 is 27.4 Å². The number of ketones is 1. The molecule has 2 saturated heterocycles. The number of alkyl halides is 1. The fourth-order valence-electron chi connectivity index (χ4n) is 2.28. The van der Waals surface area contributed by atoms with Gasteiger partial charge in [-0.1, -0.05) is 21.1 Å². The summed E-state index contributed by atoms with van der Waals surface area (Å²) in [6.07, 6.45) is -0.159. The molecule has 0 amide bonds. The highest BCUT2D eigenvalue weighted by molar-refractivity contribution is 9.10. The molecule has 5 heteroatoms. The Bertz CT molecular complexity index is 329. The summed E-state index contributed by atoms with van der Waals surface area (Å²) >= 11 is 3.53. The van der Waals surface area contributed by atoms with Gasteiger partial charge in [-0.3, -0.25) is 4.79 Å². The summed E-state index contributed by atoms with van der Waals surface area (Å²) in [5, 5.41) is 3.91. The van der Waals surface area contributed by atoms with Crippen LogP contribution in [-0.2, 0) is 14.4 Å². The highest BCUT2D eigenvalue weighted by Gasteiger charge is 2.68. The third-order valence-corrected chi connectivity index (χ3v) is 4.44. The van der Waals surface area contributed by atoms with E-state index in [-0.39, 0.29) is 18.0 Å². The number of Topliss-reactive ketones (excluding diaryl/α,β-unsaturated/α-hetero) is 1. The molecule has 0 saturated carbocycles. The summed E-state index contributed by atoms with van der Waals surface area (Å²) < 4.78 is 5.04. The van der Waals surface area contributed by atoms with Gasteiger partial charge in [0.15, 0.2) is 11.9 Å². The van der Waals surface area contributed by atoms with Crippen molar-refractivity contribution in [3.8, 4) is 0 Å². The fraction of sp³-hybridized carbons (Fsp3) is 0.750. The first-order valence-corrected chi connectivity index (χ1v) is 5.01. The molecule has 2 bridgehead atoms. The fourth-order valence-corrected chi connectivity index (χ4v) is 3.10. The minimum absolute atomic E-state index is 0.113. The number of hydrogen-bond acceptors (Lipinski definition) is 4. The number of ether oxygens (including phenoxy) is 1. The normalized spacial score (nSPS) is 52.0. The van der Waals surface area contributed by atoms with E-state index in [1.165, 1.54) is 0 Å². The van der Waals surface area contributed by atoms with E-state index in [0.717, 1.165) is 5.71 Å². The van der Waals surface area contributed by atoms with Crippen molar-refractivity contribution in [2.75, 3.05) is 0 Å². The number of oxime groups is 1. The van der Waals surface area contributed by atoms with Gasteiger partial charge in [0.25, 0.3) is 0 Å². The van der Waals surface area contributed by atoms with Gasteiger partial charge in [-0.2, -0.15) is 0 Å². The largest absolute Gasteiger partial charge is 0.388 e. The molecule has 0 aromatic carbocycles. The Labute approximate surface area is 83.4 Å². The van der Waals surface area contributed by atoms with Gasteiger partial charge < -0.3 is 9.57 Å². The van der Waals surface area contributed by atoms with Crippen LogP contribution in [0.2, 0.25) is 0 Å². The van der Waals surface area contributed by atoms with Crippen LogP contribution in [0.4, 0.5) is 0 Å². The molecule has 70 valence electrons. The van der Waals surface area contributed by atoms with E-state index in [9.17, 15) is 4.79 Å². The van der Waals surface area contributed by atoms with Crippen LogP contribution >= 0.6 is 15.9 Å². The maximum atomic E-state index is 11.5. The minimum Gasteiger partial charge on any atom is -0.388 e. The van der Waals surface area contributed by atoms with Crippen molar-refractivity contribution in [1.82, 2.24) is 0 Å². The Kier molecular flexibility index (Phi) is 1.31. The SMILES string of the molecule is CC1=NO[C@H]2[C@@H]3CC(=O)[C@@H](O3)[C@@]12Br. The number of fused-ring (bicyclic) bond motifs is 5. The molecule has 13 heavy (non-hydrogen) atoms. The maximum Gasteiger partial charge on any atom is 0.177 e. The predicted molar refractivity (Wildman–Crippen MR) is 47.9 cm³/mol. The van der Waals surface area contributed by atoms with Gasteiger partial charge in [0.05, 0.1) is 5.71 Å². The summed E-state index contributed by atoms with van der Waals surface area (Å²) in [6, 6.07) is 0. The van der Waals surface area contributed by atoms with Crippen LogP contribution in [0.1, 0.15) is 13.3 Å². The molecule has 3 rings (SSSR count). The first kappa shape index (κ1) is 7.94. The van der Waals surface area contributed by atoms with Crippen LogP contribution in [0.25, 0.3) is 0 Å². The van der Waals surface area contributed by atoms with Gasteiger partial charge in [-0.25, -0.2) is 0 Å². The lowest BCUT2D eigenvalue weighted by Crippen LogP contribution is -2.51. The second kappa shape index (κ2) is 2.15. The van der Waals surface area contributed by atoms with Crippen LogP contribution in [0.15, 0.2) is 5.16 Å². The molecule has 2 fully saturated rings. The number of rotatable bonds is 0. The lowest BCUT2D eigenvalue weighted by molar-refractivity contribution is -0.122. The van der Waals surface area contributed by atoms with E-state index in [1.807, 2.05) is 6.92 Å². The van der Waals surface area contributed by atoms with Crippen LogP contribution in [0.3, 0.4) is 0 Å². The molecular formula is C8H8BrNO3. The van der Waals surface area contributed by atoms with Gasteiger partial charge >= 0.3 is 0 Å². The molecule has 4 nitrogen and oxygen atoms in total. The average molecular weight is 246 g/mol. The van der Waals surface area contributed by atoms with Crippen molar-refractivity contribution in [2.45, 2.75) is 36.0 Å². The molecule has 0 aromatic heterocycles. The van der Waals surface area contributed by atoms with E-state index >= 15 is 0 Å². The molecule has 0 radical (unpaired) electrons.